The van der Waals surface area contributed by atoms with Crippen LogP contribution in [0, 0.1) is 13.8 Å². The van der Waals surface area contributed by atoms with Gasteiger partial charge < -0.3 is 19.5 Å². The lowest BCUT2D eigenvalue weighted by molar-refractivity contribution is 0.355. The number of aryl methyl sites for hydroxylation is 2. The minimum absolute atomic E-state index is 0.0125. The molecule has 3 aromatic rings. The molecular weight excluding hydrogens is 472 g/mol. The summed E-state index contributed by atoms with van der Waals surface area (Å²) in [5, 5.41) is 4.76. The van der Waals surface area contributed by atoms with Crippen LogP contribution in [0.5, 0.6) is 5.75 Å². The Morgan fingerprint density at radius 1 is 1.28 bits per heavy atom. The summed E-state index contributed by atoms with van der Waals surface area (Å²) >= 11 is 6.60. The fourth-order valence-corrected chi connectivity index (χ4v) is 4.62. The molecule has 0 radical (unpaired) electrons. The van der Waals surface area contributed by atoms with E-state index in [1.807, 2.05) is 58.3 Å². The predicted octanol–water partition coefficient (Wildman–Crippen LogP) is 5.16. The first-order valence-corrected chi connectivity index (χ1v) is 12.2. The summed E-state index contributed by atoms with van der Waals surface area (Å²) in [6.07, 6.45) is 7.35. The number of aromatic nitrogens is 2. The number of dihydropyridines is 1. The molecule has 2 aromatic heterocycles. The molecule has 186 valence electrons. The van der Waals surface area contributed by atoms with Gasteiger partial charge in [-0.05, 0) is 43.7 Å². The predicted molar refractivity (Wildman–Crippen MR) is 148 cm³/mol. The SMILES string of the molecule is C=C/C=C(/c1cc(C)nc2c(OCC3=C(Cn4cccc(C)c4=O)CNC=C3Cl)cccc12)N(C)C. The number of ether oxygens (including phenoxy) is 1. The third kappa shape index (κ3) is 5.24. The highest BCUT2D eigenvalue weighted by Gasteiger charge is 2.18. The maximum absolute atomic E-state index is 12.6. The molecule has 0 fully saturated rings. The zero-order valence-electron chi connectivity index (χ0n) is 21.1. The van der Waals surface area contributed by atoms with Crippen molar-refractivity contribution in [1.82, 2.24) is 19.8 Å². The number of hydrogen-bond acceptors (Lipinski definition) is 5. The van der Waals surface area contributed by atoms with E-state index in [0.29, 0.717) is 29.4 Å². The molecular formula is C29H31ClN4O2. The minimum atomic E-state index is -0.0125. The van der Waals surface area contributed by atoms with Crippen molar-refractivity contribution >= 4 is 28.2 Å². The van der Waals surface area contributed by atoms with E-state index in [1.165, 1.54) is 0 Å². The highest BCUT2D eigenvalue weighted by Crippen LogP contribution is 2.33. The standard InChI is InChI=1S/C29H31ClN4O2/c1-6-9-26(33(4)5)23-14-20(3)32-28-22(23)11-7-12-27(28)36-18-24-21(15-31-16-25(24)30)17-34-13-8-10-19(2)29(34)35/h6-14,16,31H,1,15,17-18H2,2-5H3/b26-9-. The van der Waals surface area contributed by atoms with Crippen LogP contribution in [0.2, 0.25) is 0 Å². The Hall–Kier alpha value is -3.77. The number of nitrogens with zero attached hydrogens (tertiary/aromatic N) is 3. The summed E-state index contributed by atoms with van der Waals surface area (Å²) in [6.45, 7) is 8.96. The van der Waals surface area contributed by atoms with Crippen molar-refractivity contribution in [1.29, 1.82) is 0 Å². The normalized spacial score (nSPS) is 13.9. The van der Waals surface area contributed by atoms with E-state index in [1.54, 1.807) is 23.0 Å². The third-order valence-corrected chi connectivity index (χ3v) is 6.50. The van der Waals surface area contributed by atoms with E-state index in [4.69, 9.17) is 21.3 Å². The highest BCUT2D eigenvalue weighted by molar-refractivity contribution is 6.32. The molecule has 0 spiro atoms. The van der Waals surface area contributed by atoms with E-state index < -0.39 is 0 Å². The highest BCUT2D eigenvalue weighted by atomic mass is 35.5. The maximum Gasteiger partial charge on any atom is 0.253 e. The van der Waals surface area contributed by atoms with Crippen molar-refractivity contribution in [2.75, 3.05) is 27.2 Å². The number of para-hydroxylation sites is 1. The molecule has 6 nitrogen and oxygen atoms in total. The molecule has 0 amide bonds. The van der Waals surface area contributed by atoms with Crippen LogP contribution in [-0.2, 0) is 6.54 Å². The Morgan fingerprint density at radius 3 is 2.83 bits per heavy atom. The Bertz CT molecular complexity index is 1460. The second-order valence-electron chi connectivity index (χ2n) is 9.01. The average Bonchev–Trinajstić information content (AvgIpc) is 2.84. The molecule has 0 unspecified atom stereocenters. The number of fused-ring (bicyclic) bond motifs is 1. The molecule has 1 aromatic carbocycles. The topological polar surface area (TPSA) is 59.4 Å². The Kier molecular flexibility index (Phi) is 7.65. The summed E-state index contributed by atoms with van der Waals surface area (Å²) in [5.41, 5.74) is 6.35. The molecule has 0 saturated carbocycles. The molecule has 1 N–H and O–H groups in total. The summed E-state index contributed by atoms with van der Waals surface area (Å²) in [6, 6.07) is 11.7. The van der Waals surface area contributed by atoms with Gasteiger partial charge in [-0.3, -0.25) is 4.79 Å². The van der Waals surface area contributed by atoms with E-state index in [-0.39, 0.29) is 12.2 Å². The molecule has 0 aliphatic carbocycles. The lowest BCUT2D eigenvalue weighted by atomic mass is 10.0. The lowest BCUT2D eigenvalue weighted by Crippen LogP contribution is -2.28. The fourth-order valence-electron chi connectivity index (χ4n) is 4.36. The molecule has 1 aliphatic heterocycles. The van der Waals surface area contributed by atoms with Gasteiger partial charge in [0.25, 0.3) is 5.56 Å². The monoisotopic (exact) mass is 502 g/mol. The van der Waals surface area contributed by atoms with Gasteiger partial charge in [0.15, 0.2) is 0 Å². The van der Waals surface area contributed by atoms with Crippen LogP contribution >= 0.6 is 11.6 Å². The summed E-state index contributed by atoms with van der Waals surface area (Å²) < 4.78 is 8.05. The fraction of sp³-hybridized carbons (Fsp3) is 0.241. The van der Waals surface area contributed by atoms with Gasteiger partial charge in [0.2, 0.25) is 0 Å². The molecule has 1 aliphatic rings. The van der Waals surface area contributed by atoms with Gasteiger partial charge in [-0.2, -0.15) is 0 Å². The van der Waals surface area contributed by atoms with Gasteiger partial charge in [-0.15, -0.1) is 0 Å². The van der Waals surface area contributed by atoms with Gasteiger partial charge in [-0.1, -0.05) is 42.5 Å². The number of allylic oxidation sites excluding steroid dienone is 2. The van der Waals surface area contributed by atoms with Crippen molar-refractivity contribution in [3.63, 3.8) is 0 Å². The quantitative estimate of drug-likeness (QED) is 0.431. The van der Waals surface area contributed by atoms with Crippen LogP contribution in [-0.4, -0.2) is 41.7 Å². The van der Waals surface area contributed by atoms with Crippen molar-refractivity contribution in [2.24, 2.45) is 0 Å². The molecule has 36 heavy (non-hydrogen) atoms. The minimum Gasteiger partial charge on any atom is -0.487 e. The van der Waals surface area contributed by atoms with E-state index in [9.17, 15) is 4.79 Å². The molecule has 7 heteroatoms. The van der Waals surface area contributed by atoms with E-state index >= 15 is 0 Å². The maximum atomic E-state index is 12.6. The van der Waals surface area contributed by atoms with Gasteiger partial charge >= 0.3 is 0 Å². The second kappa shape index (κ2) is 10.9. The largest absolute Gasteiger partial charge is 0.487 e. The second-order valence-corrected chi connectivity index (χ2v) is 9.42. The number of halogens is 1. The number of rotatable bonds is 8. The first kappa shape index (κ1) is 25.3. The number of pyridine rings is 2. The first-order valence-electron chi connectivity index (χ1n) is 11.8. The average molecular weight is 503 g/mol. The zero-order valence-corrected chi connectivity index (χ0v) is 21.9. The van der Waals surface area contributed by atoms with Crippen molar-refractivity contribution < 1.29 is 4.74 Å². The van der Waals surface area contributed by atoms with Crippen molar-refractivity contribution in [3.8, 4) is 5.75 Å². The van der Waals surface area contributed by atoms with Gasteiger partial charge in [0, 0.05) is 73.1 Å². The van der Waals surface area contributed by atoms with Crippen LogP contribution in [0.3, 0.4) is 0 Å². The van der Waals surface area contributed by atoms with Gasteiger partial charge in [-0.25, -0.2) is 4.98 Å². The Balaban J connectivity index is 1.72. The third-order valence-electron chi connectivity index (χ3n) is 6.17. The Labute approximate surface area is 216 Å². The van der Waals surface area contributed by atoms with Gasteiger partial charge in [0.05, 0.1) is 5.03 Å². The Morgan fingerprint density at radius 2 is 2.08 bits per heavy atom. The van der Waals surface area contributed by atoms with Gasteiger partial charge in [0.1, 0.15) is 17.9 Å². The molecule has 3 heterocycles. The van der Waals surface area contributed by atoms with Crippen LogP contribution < -0.4 is 15.6 Å². The lowest BCUT2D eigenvalue weighted by Gasteiger charge is -2.22. The number of benzene rings is 1. The summed E-state index contributed by atoms with van der Waals surface area (Å²) in [7, 11) is 4.02. The number of nitrogens with one attached hydrogen (secondary N) is 1. The summed E-state index contributed by atoms with van der Waals surface area (Å²) in [4.78, 5) is 19.5. The smallest absolute Gasteiger partial charge is 0.253 e. The van der Waals surface area contributed by atoms with Crippen LogP contribution in [0.25, 0.3) is 16.6 Å². The summed E-state index contributed by atoms with van der Waals surface area (Å²) in [5.74, 6) is 0.678. The van der Waals surface area contributed by atoms with Crippen LogP contribution in [0.15, 0.2) is 88.5 Å². The van der Waals surface area contributed by atoms with Crippen LogP contribution in [0.4, 0.5) is 0 Å². The van der Waals surface area contributed by atoms with Crippen molar-refractivity contribution in [3.05, 3.63) is 111 Å². The van der Waals surface area contributed by atoms with Crippen molar-refractivity contribution in [2.45, 2.75) is 20.4 Å². The molecule has 4 rings (SSSR count). The number of hydrogen-bond donors (Lipinski definition) is 1. The zero-order chi connectivity index (χ0) is 25.8. The first-order chi connectivity index (χ1) is 17.3. The van der Waals surface area contributed by atoms with Crippen LogP contribution in [0.1, 0.15) is 16.8 Å². The molecule has 0 bridgehead atoms. The molecule has 0 saturated heterocycles. The van der Waals surface area contributed by atoms with E-state index in [2.05, 4.69) is 28.9 Å². The van der Waals surface area contributed by atoms with E-state index in [0.717, 1.165) is 39.0 Å². The molecule has 0 atom stereocenters.